The van der Waals surface area contributed by atoms with E-state index in [1.807, 2.05) is 12.1 Å². The van der Waals surface area contributed by atoms with Gasteiger partial charge in [0.2, 0.25) is 0 Å². The molecule has 0 bridgehead atoms. The number of Topliss-reactive ketones (excluding diaryl/α,β-unsaturated/α-hetero) is 1. The maximum Gasteiger partial charge on any atom is 0.187 e. The van der Waals surface area contributed by atoms with E-state index in [-0.39, 0.29) is 5.78 Å². The van der Waals surface area contributed by atoms with Gasteiger partial charge >= 0.3 is 0 Å². The Morgan fingerprint density at radius 2 is 2.36 bits per heavy atom. The third kappa shape index (κ3) is 1.65. The van der Waals surface area contributed by atoms with Crippen molar-refractivity contribution < 1.29 is 9.32 Å². The highest BCUT2D eigenvalue weighted by atomic mass is 79.9. The van der Waals surface area contributed by atoms with E-state index in [2.05, 4.69) is 21.1 Å². The summed E-state index contributed by atoms with van der Waals surface area (Å²) in [6.45, 7) is 1.50. The number of carbonyl (C=O) groups excluding carboxylic acids is 1. The van der Waals surface area contributed by atoms with Gasteiger partial charge in [0.05, 0.1) is 20.4 Å². The van der Waals surface area contributed by atoms with Gasteiger partial charge in [-0.15, -0.1) is 11.3 Å². The molecule has 2 heterocycles. The standard InChI is InChI=1S/C9H6BrNO2S/c1-5(12)6-4-11-13-9(6)7-2-3-8(10)14-7/h2-4H,1H3. The molecule has 0 aliphatic heterocycles. The van der Waals surface area contributed by atoms with Crippen LogP contribution in [0.25, 0.3) is 10.6 Å². The van der Waals surface area contributed by atoms with Crippen LogP contribution in [0.2, 0.25) is 0 Å². The Hall–Kier alpha value is -0.940. The molecule has 0 saturated carbocycles. The minimum atomic E-state index is -0.0363. The number of thiophene rings is 1. The van der Waals surface area contributed by atoms with Crippen molar-refractivity contribution in [3.05, 3.63) is 27.7 Å². The summed E-state index contributed by atoms with van der Waals surface area (Å²) in [4.78, 5) is 12.1. The number of ketones is 1. The second-order valence-corrected chi connectivity index (χ2v) is 5.19. The zero-order valence-corrected chi connectivity index (χ0v) is 9.68. The number of carbonyl (C=O) groups is 1. The van der Waals surface area contributed by atoms with E-state index in [4.69, 9.17) is 4.52 Å². The molecule has 5 heteroatoms. The van der Waals surface area contributed by atoms with Crippen molar-refractivity contribution in [3.8, 4) is 10.6 Å². The molecule has 0 N–H and O–H groups in total. The van der Waals surface area contributed by atoms with Crippen LogP contribution in [0.5, 0.6) is 0 Å². The molecular formula is C9H6BrNO2S. The van der Waals surface area contributed by atoms with E-state index >= 15 is 0 Å². The fourth-order valence-corrected chi connectivity index (χ4v) is 2.48. The second kappa shape index (κ2) is 3.67. The predicted molar refractivity (Wildman–Crippen MR) is 57.5 cm³/mol. The Bertz CT molecular complexity index is 475. The highest BCUT2D eigenvalue weighted by Gasteiger charge is 2.15. The van der Waals surface area contributed by atoms with Crippen LogP contribution in [-0.4, -0.2) is 10.9 Å². The van der Waals surface area contributed by atoms with Gasteiger partial charge in [-0.25, -0.2) is 0 Å². The first kappa shape index (κ1) is 9.61. The zero-order valence-electron chi connectivity index (χ0n) is 7.28. The summed E-state index contributed by atoms with van der Waals surface area (Å²) < 4.78 is 6.04. The van der Waals surface area contributed by atoms with Crippen molar-refractivity contribution in [1.82, 2.24) is 5.16 Å². The van der Waals surface area contributed by atoms with Crippen LogP contribution >= 0.6 is 27.3 Å². The smallest absolute Gasteiger partial charge is 0.187 e. The van der Waals surface area contributed by atoms with Gasteiger partial charge in [0, 0.05) is 0 Å². The molecule has 14 heavy (non-hydrogen) atoms. The Morgan fingerprint density at radius 3 is 2.93 bits per heavy atom. The fraction of sp³-hybridized carbons (Fsp3) is 0.111. The molecule has 2 rings (SSSR count). The van der Waals surface area contributed by atoms with Gasteiger partial charge in [-0.3, -0.25) is 4.79 Å². The van der Waals surface area contributed by atoms with Gasteiger partial charge in [0.25, 0.3) is 0 Å². The molecule has 72 valence electrons. The quantitative estimate of drug-likeness (QED) is 0.787. The van der Waals surface area contributed by atoms with Crippen molar-refractivity contribution in [2.45, 2.75) is 6.92 Å². The molecule has 0 aliphatic rings. The Morgan fingerprint density at radius 1 is 1.57 bits per heavy atom. The van der Waals surface area contributed by atoms with Gasteiger partial charge in [-0.1, -0.05) is 5.16 Å². The molecule has 0 spiro atoms. The number of halogens is 1. The van der Waals surface area contributed by atoms with Crippen LogP contribution < -0.4 is 0 Å². The Kier molecular flexibility index (Phi) is 2.52. The first-order valence-corrected chi connectivity index (χ1v) is 5.51. The lowest BCUT2D eigenvalue weighted by molar-refractivity contribution is 0.101. The summed E-state index contributed by atoms with van der Waals surface area (Å²) in [6, 6.07) is 3.80. The maximum atomic E-state index is 11.2. The molecule has 0 atom stereocenters. The zero-order chi connectivity index (χ0) is 10.1. The number of nitrogens with zero attached hydrogens (tertiary/aromatic N) is 1. The molecule has 0 amide bonds. The summed E-state index contributed by atoms with van der Waals surface area (Å²) in [5, 5.41) is 3.62. The van der Waals surface area contributed by atoms with E-state index < -0.39 is 0 Å². The third-order valence-electron chi connectivity index (χ3n) is 1.75. The molecule has 0 saturated heterocycles. The third-order valence-corrected chi connectivity index (χ3v) is 3.37. The highest BCUT2D eigenvalue weighted by molar-refractivity contribution is 9.11. The molecule has 0 radical (unpaired) electrons. The summed E-state index contributed by atoms with van der Waals surface area (Å²) in [6.07, 6.45) is 1.45. The van der Waals surface area contributed by atoms with Crippen molar-refractivity contribution in [3.63, 3.8) is 0 Å². The maximum absolute atomic E-state index is 11.2. The summed E-state index contributed by atoms with van der Waals surface area (Å²) in [5.74, 6) is 0.513. The molecule has 0 aliphatic carbocycles. The molecule has 0 fully saturated rings. The molecule has 0 unspecified atom stereocenters. The van der Waals surface area contributed by atoms with Crippen LogP contribution in [0.3, 0.4) is 0 Å². The topological polar surface area (TPSA) is 43.1 Å². The van der Waals surface area contributed by atoms with E-state index in [1.165, 1.54) is 24.5 Å². The minimum Gasteiger partial charge on any atom is -0.355 e. The normalized spacial score (nSPS) is 10.4. The van der Waals surface area contributed by atoms with Crippen LogP contribution in [-0.2, 0) is 0 Å². The average Bonchev–Trinajstić information content (AvgIpc) is 2.70. The summed E-state index contributed by atoms with van der Waals surface area (Å²) in [7, 11) is 0. The molecule has 3 nitrogen and oxygen atoms in total. The number of hydrogen-bond acceptors (Lipinski definition) is 4. The van der Waals surface area contributed by atoms with Crippen molar-refractivity contribution in [2.75, 3.05) is 0 Å². The molecular weight excluding hydrogens is 266 g/mol. The van der Waals surface area contributed by atoms with Crippen LogP contribution in [0.1, 0.15) is 17.3 Å². The van der Waals surface area contributed by atoms with Gasteiger partial charge in [-0.2, -0.15) is 0 Å². The minimum absolute atomic E-state index is 0.0363. The van der Waals surface area contributed by atoms with E-state index in [0.29, 0.717) is 11.3 Å². The number of aromatic nitrogens is 1. The van der Waals surface area contributed by atoms with E-state index in [1.54, 1.807) is 0 Å². The van der Waals surface area contributed by atoms with Gasteiger partial charge in [0.1, 0.15) is 0 Å². The molecule has 2 aromatic rings. The lowest BCUT2D eigenvalue weighted by Gasteiger charge is -1.91. The van der Waals surface area contributed by atoms with Crippen molar-refractivity contribution >= 4 is 33.0 Å². The monoisotopic (exact) mass is 271 g/mol. The Labute approximate surface area is 92.9 Å². The first-order valence-electron chi connectivity index (χ1n) is 3.90. The number of rotatable bonds is 2. The van der Waals surface area contributed by atoms with Crippen LogP contribution in [0.4, 0.5) is 0 Å². The van der Waals surface area contributed by atoms with Crippen LogP contribution in [0.15, 0.2) is 26.6 Å². The van der Waals surface area contributed by atoms with Gasteiger partial charge in [-0.05, 0) is 35.0 Å². The van der Waals surface area contributed by atoms with E-state index in [0.717, 1.165) is 8.66 Å². The molecule has 0 aromatic carbocycles. The summed E-state index contributed by atoms with van der Waals surface area (Å²) >= 11 is 4.86. The predicted octanol–water partition coefficient (Wildman–Crippen LogP) is 3.37. The lowest BCUT2D eigenvalue weighted by atomic mass is 10.2. The first-order chi connectivity index (χ1) is 6.68. The fourth-order valence-electron chi connectivity index (χ4n) is 1.10. The Balaban J connectivity index is 2.51. The van der Waals surface area contributed by atoms with Crippen molar-refractivity contribution in [2.24, 2.45) is 0 Å². The van der Waals surface area contributed by atoms with Gasteiger partial charge < -0.3 is 4.52 Å². The lowest BCUT2D eigenvalue weighted by Crippen LogP contribution is -1.90. The average molecular weight is 272 g/mol. The van der Waals surface area contributed by atoms with Crippen LogP contribution in [0, 0.1) is 0 Å². The van der Waals surface area contributed by atoms with E-state index in [9.17, 15) is 4.79 Å². The largest absolute Gasteiger partial charge is 0.355 e. The molecule has 2 aromatic heterocycles. The second-order valence-electron chi connectivity index (χ2n) is 2.73. The highest BCUT2D eigenvalue weighted by Crippen LogP contribution is 2.33. The summed E-state index contributed by atoms with van der Waals surface area (Å²) in [5.41, 5.74) is 0.527. The van der Waals surface area contributed by atoms with Gasteiger partial charge in [0.15, 0.2) is 11.5 Å². The number of hydrogen-bond donors (Lipinski definition) is 0. The van der Waals surface area contributed by atoms with Crippen molar-refractivity contribution in [1.29, 1.82) is 0 Å². The SMILES string of the molecule is CC(=O)c1cnoc1-c1ccc(Br)s1.